The Morgan fingerprint density at radius 1 is 1.29 bits per heavy atom. The summed E-state index contributed by atoms with van der Waals surface area (Å²) in [5.41, 5.74) is -4.38. The van der Waals surface area contributed by atoms with Crippen LogP contribution in [0.15, 0.2) is 29.2 Å². The molecule has 8 heteroatoms. The number of nitrogens with one attached hydrogen (secondary N) is 1. The Labute approximate surface area is 123 Å². The molecule has 0 saturated heterocycles. The number of carbonyl (C=O) groups excluding carboxylic acids is 1. The van der Waals surface area contributed by atoms with Crippen LogP contribution in [0.4, 0.5) is 18.9 Å². The van der Waals surface area contributed by atoms with E-state index >= 15 is 0 Å². The lowest BCUT2D eigenvalue weighted by molar-refractivity contribution is -0.138. The van der Waals surface area contributed by atoms with E-state index < -0.39 is 23.3 Å². The molecule has 0 aromatic heterocycles. The number of para-hydroxylation sites is 1. The van der Waals surface area contributed by atoms with Gasteiger partial charge in [0.15, 0.2) is 0 Å². The fourth-order valence-electron chi connectivity index (χ4n) is 1.67. The number of amides is 1. The van der Waals surface area contributed by atoms with E-state index in [4.69, 9.17) is 5.11 Å². The maximum absolute atomic E-state index is 12.4. The molecule has 116 valence electrons. The third kappa shape index (κ3) is 7.03. The molecule has 0 radical (unpaired) electrons. The highest BCUT2D eigenvalue weighted by Crippen LogP contribution is 2.40. The van der Waals surface area contributed by atoms with Crippen LogP contribution in [0.5, 0.6) is 0 Å². The number of carboxylic acid groups (broad SMARTS) is 1. The minimum atomic E-state index is -4.45. The number of anilines is 1. The normalized spacial score (nSPS) is 12.8. The lowest BCUT2D eigenvalue weighted by atomic mass is 10.0. The first-order chi connectivity index (χ1) is 9.67. The van der Waals surface area contributed by atoms with Crippen LogP contribution in [-0.4, -0.2) is 22.5 Å². The molecule has 1 rings (SSSR count). The number of carboxylic acids is 1. The molecule has 0 fully saturated rings. The van der Waals surface area contributed by atoms with Gasteiger partial charge in [-0.2, -0.15) is 13.2 Å². The van der Waals surface area contributed by atoms with E-state index in [1.54, 1.807) is 6.92 Å². The highest BCUT2D eigenvalue weighted by molar-refractivity contribution is 8.00. The van der Waals surface area contributed by atoms with Crippen molar-refractivity contribution in [3.05, 3.63) is 24.3 Å². The number of hydrogen-bond acceptors (Lipinski definition) is 3. The maximum atomic E-state index is 12.4. The fraction of sp³-hybridized carbons (Fsp3) is 0.385. The van der Waals surface area contributed by atoms with Gasteiger partial charge in [-0.25, -0.2) is 0 Å². The average Bonchev–Trinajstić information content (AvgIpc) is 2.28. The Kier molecular flexibility index (Phi) is 6.07. The van der Waals surface area contributed by atoms with Crippen molar-refractivity contribution in [1.29, 1.82) is 0 Å². The Balaban J connectivity index is 2.70. The fourth-order valence-corrected chi connectivity index (χ4v) is 2.30. The van der Waals surface area contributed by atoms with Crippen molar-refractivity contribution in [2.75, 3.05) is 5.32 Å². The molecule has 0 heterocycles. The summed E-state index contributed by atoms with van der Waals surface area (Å²) >= 11 is -0.310. The smallest absolute Gasteiger partial charge is 0.446 e. The van der Waals surface area contributed by atoms with Gasteiger partial charge >= 0.3 is 11.5 Å². The van der Waals surface area contributed by atoms with Crippen LogP contribution < -0.4 is 5.32 Å². The predicted molar refractivity (Wildman–Crippen MR) is 73.0 cm³/mol. The van der Waals surface area contributed by atoms with Gasteiger partial charge in [-0.1, -0.05) is 19.1 Å². The van der Waals surface area contributed by atoms with Crippen molar-refractivity contribution < 1.29 is 27.9 Å². The van der Waals surface area contributed by atoms with Gasteiger partial charge in [0.2, 0.25) is 5.91 Å². The zero-order valence-corrected chi connectivity index (χ0v) is 11.9. The van der Waals surface area contributed by atoms with E-state index in [2.05, 4.69) is 5.32 Å². The summed E-state index contributed by atoms with van der Waals surface area (Å²) in [5.74, 6) is -1.94. The Bertz CT molecular complexity index is 520. The number of alkyl halides is 3. The summed E-state index contributed by atoms with van der Waals surface area (Å²) in [7, 11) is 0. The van der Waals surface area contributed by atoms with Crippen LogP contribution >= 0.6 is 11.8 Å². The van der Waals surface area contributed by atoms with Crippen LogP contribution in [-0.2, 0) is 9.59 Å². The molecule has 0 saturated carbocycles. The third-order valence-corrected chi connectivity index (χ3v) is 3.25. The SMILES string of the molecule is CC(CC(=O)O)CC(=O)Nc1ccccc1SC(F)(F)F. The van der Waals surface area contributed by atoms with E-state index in [1.807, 2.05) is 0 Å². The van der Waals surface area contributed by atoms with Gasteiger partial charge in [0.1, 0.15) is 0 Å². The number of benzene rings is 1. The maximum Gasteiger partial charge on any atom is 0.446 e. The number of halogens is 3. The van der Waals surface area contributed by atoms with Gasteiger partial charge in [-0.05, 0) is 29.8 Å². The van der Waals surface area contributed by atoms with Crippen molar-refractivity contribution in [3.63, 3.8) is 0 Å². The van der Waals surface area contributed by atoms with Gasteiger partial charge < -0.3 is 10.4 Å². The van der Waals surface area contributed by atoms with Gasteiger partial charge in [-0.3, -0.25) is 9.59 Å². The summed E-state index contributed by atoms with van der Waals surface area (Å²) in [4.78, 5) is 22.1. The molecule has 0 aliphatic carbocycles. The second kappa shape index (κ2) is 7.35. The Morgan fingerprint density at radius 2 is 1.90 bits per heavy atom. The van der Waals surface area contributed by atoms with Gasteiger partial charge in [-0.15, -0.1) is 0 Å². The highest BCUT2D eigenvalue weighted by atomic mass is 32.2. The van der Waals surface area contributed by atoms with Crippen LogP contribution in [0.2, 0.25) is 0 Å². The summed E-state index contributed by atoms with van der Waals surface area (Å²) in [6, 6.07) is 5.58. The first kappa shape index (κ1) is 17.4. The zero-order valence-electron chi connectivity index (χ0n) is 11.1. The quantitative estimate of drug-likeness (QED) is 0.783. The Morgan fingerprint density at radius 3 is 2.48 bits per heavy atom. The number of aliphatic carboxylic acids is 1. The summed E-state index contributed by atoms with van der Waals surface area (Å²) < 4.78 is 37.2. The molecular weight excluding hydrogens is 307 g/mol. The molecule has 21 heavy (non-hydrogen) atoms. The molecule has 1 unspecified atom stereocenters. The Hall–Kier alpha value is -1.70. The first-order valence-electron chi connectivity index (χ1n) is 6.04. The van der Waals surface area contributed by atoms with Crippen molar-refractivity contribution >= 4 is 29.3 Å². The van der Waals surface area contributed by atoms with Crippen molar-refractivity contribution in [1.82, 2.24) is 0 Å². The van der Waals surface area contributed by atoms with Gasteiger partial charge in [0, 0.05) is 17.7 Å². The predicted octanol–water partition coefficient (Wildman–Crippen LogP) is 3.74. The number of rotatable bonds is 6. The molecule has 2 N–H and O–H groups in total. The molecule has 1 atom stereocenters. The second-order valence-electron chi connectivity index (χ2n) is 4.50. The van der Waals surface area contributed by atoms with Gasteiger partial charge in [0.25, 0.3) is 0 Å². The van der Waals surface area contributed by atoms with E-state index in [0.29, 0.717) is 0 Å². The summed E-state index contributed by atoms with van der Waals surface area (Å²) in [5, 5.41) is 11.0. The molecule has 0 bridgehead atoms. The molecule has 1 aromatic rings. The standard InChI is InChI=1S/C13H14F3NO3S/c1-8(7-12(19)20)6-11(18)17-9-4-2-3-5-10(9)21-13(14,15)16/h2-5,8H,6-7H2,1H3,(H,17,18)(H,19,20). The summed E-state index contributed by atoms with van der Waals surface area (Å²) in [6.45, 7) is 1.59. The first-order valence-corrected chi connectivity index (χ1v) is 6.85. The topological polar surface area (TPSA) is 66.4 Å². The molecule has 0 aliphatic rings. The third-order valence-electron chi connectivity index (χ3n) is 2.44. The lowest BCUT2D eigenvalue weighted by Crippen LogP contribution is -2.17. The van der Waals surface area contributed by atoms with Crippen molar-refractivity contribution in [3.8, 4) is 0 Å². The van der Waals surface area contributed by atoms with E-state index in [1.165, 1.54) is 24.3 Å². The number of hydrogen-bond donors (Lipinski definition) is 2. The molecule has 1 aromatic carbocycles. The molecule has 4 nitrogen and oxygen atoms in total. The summed E-state index contributed by atoms with van der Waals surface area (Å²) in [6.07, 6.45) is -0.246. The van der Waals surface area contributed by atoms with Crippen LogP contribution in [0.1, 0.15) is 19.8 Å². The average molecular weight is 321 g/mol. The molecule has 1 amide bonds. The molecule has 0 spiro atoms. The molecule has 0 aliphatic heterocycles. The van der Waals surface area contributed by atoms with Gasteiger partial charge in [0.05, 0.1) is 5.69 Å². The minimum absolute atomic E-state index is 0.0624. The number of carbonyl (C=O) groups is 2. The molecular formula is C13H14F3NO3S. The minimum Gasteiger partial charge on any atom is -0.481 e. The van der Waals surface area contributed by atoms with Crippen LogP contribution in [0.3, 0.4) is 0 Å². The highest BCUT2D eigenvalue weighted by Gasteiger charge is 2.30. The van der Waals surface area contributed by atoms with E-state index in [0.717, 1.165) is 0 Å². The monoisotopic (exact) mass is 321 g/mol. The van der Waals surface area contributed by atoms with Crippen LogP contribution in [0, 0.1) is 5.92 Å². The zero-order chi connectivity index (χ0) is 16.0. The number of thioether (sulfide) groups is 1. The lowest BCUT2D eigenvalue weighted by Gasteiger charge is -2.13. The second-order valence-corrected chi connectivity index (χ2v) is 5.61. The van der Waals surface area contributed by atoms with Crippen molar-refractivity contribution in [2.45, 2.75) is 30.2 Å². The van der Waals surface area contributed by atoms with Crippen molar-refractivity contribution in [2.24, 2.45) is 5.92 Å². The van der Waals surface area contributed by atoms with E-state index in [-0.39, 0.29) is 35.2 Å². The largest absolute Gasteiger partial charge is 0.481 e. The van der Waals surface area contributed by atoms with E-state index in [9.17, 15) is 22.8 Å². The van der Waals surface area contributed by atoms with Crippen LogP contribution in [0.25, 0.3) is 0 Å².